The topological polar surface area (TPSA) is 77.2 Å². The number of nitrogens with two attached hydrogens (primary N) is 1. The van der Waals surface area contributed by atoms with Crippen LogP contribution in [0.15, 0.2) is 23.1 Å². The number of hydrogen-bond donors (Lipinski definition) is 1. The molecule has 0 fully saturated rings. The van der Waals surface area contributed by atoms with Crippen molar-refractivity contribution in [1.29, 1.82) is 0 Å². The monoisotopic (exact) mass is 219 g/mol. The molecule has 2 N–H and O–H groups in total. The fourth-order valence-electron chi connectivity index (χ4n) is 0.871. The van der Waals surface area contributed by atoms with E-state index in [4.69, 9.17) is 16.7 Å². The number of hydrogen-bond acceptors (Lipinski definition) is 3. The molecule has 0 radical (unpaired) electrons. The van der Waals surface area contributed by atoms with Crippen molar-refractivity contribution in [3.8, 4) is 0 Å². The summed E-state index contributed by atoms with van der Waals surface area (Å²) in [6.45, 7) is 0. The maximum atomic E-state index is 10.9. The third-order valence-corrected chi connectivity index (χ3v) is 2.63. The minimum Gasteiger partial charge on any atom is -0.298 e. The van der Waals surface area contributed by atoms with E-state index in [9.17, 15) is 13.2 Å². The van der Waals surface area contributed by atoms with Crippen LogP contribution in [0.25, 0.3) is 0 Å². The number of carbonyl (C=O) groups is 1. The van der Waals surface area contributed by atoms with Gasteiger partial charge in [0.1, 0.15) is 0 Å². The molecule has 4 nitrogen and oxygen atoms in total. The molecule has 0 aliphatic carbocycles. The van der Waals surface area contributed by atoms with Gasteiger partial charge in [0, 0.05) is 10.6 Å². The molecule has 0 atom stereocenters. The Labute approximate surface area is 80.4 Å². The summed E-state index contributed by atoms with van der Waals surface area (Å²) in [5.41, 5.74) is -0.0324. The molecule has 0 spiro atoms. The van der Waals surface area contributed by atoms with Gasteiger partial charge in [-0.2, -0.15) is 0 Å². The maximum Gasteiger partial charge on any atom is 0.238 e. The maximum absolute atomic E-state index is 10.9. The van der Waals surface area contributed by atoms with Crippen molar-refractivity contribution in [3.63, 3.8) is 0 Å². The Balaban J connectivity index is 3.47. The van der Waals surface area contributed by atoms with Gasteiger partial charge in [0.2, 0.25) is 10.0 Å². The van der Waals surface area contributed by atoms with Gasteiger partial charge in [0.25, 0.3) is 0 Å². The average molecular weight is 220 g/mol. The Hall–Kier alpha value is -0.910. The number of carbonyl (C=O) groups excluding carboxylic acids is 1. The Morgan fingerprint density at radius 2 is 2.00 bits per heavy atom. The molecule has 0 amide bonds. The van der Waals surface area contributed by atoms with Crippen molar-refractivity contribution in [2.75, 3.05) is 0 Å². The van der Waals surface area contributed by atoms with Gasteiger partial charge in [-0.3, -0.25) is 4.79 Å². The fraction of sp³-hybridized carbons (Fsp3) is 0. The van der Waals surface area contributed by atoms with Crippen molar-refractivity contribution >= 4 is 27.9 Å². The molecule has 0 bridgehead atoms. The number of sulfonamides is 1. The minimum absolute atomic E-state index is 0.0324. The van der Waals surface area contributed by atoms with Crippen molar-refractivity contribution in [1.82, 2.24) is 0 Å². The zero-order valence-electron chi connectivity index (χ0n) is 6.40. The van der Waals surface area contributed by atoms with Gasteiger partial charge in [-0.1, -0.05) is 11.6 Å². The molecule has 0 aliphatic heterocycles. The van der Waals surface area contributed by atoms with Crippen molar-refractivity contribution in [2.24, 2.45) is 5.14 Å². The summed E-state index contributed by atoms with van der Waals surface area (Å²) in [5.74, 6) is 0. The lowest BCUT2D eigenvalue weighted by Crippen LogP contribution is -2.14. The molecular formula is C7H6ClNO3S. The summed E-state index contributed by atoms with van der Waals surface area (Å²) in [7, 11) is -3.85. The van der Waals surface area contributed by atoms with Crippen molar-refractivity contribution < 1.29 is 13.2 Å². The molecule has 1 aromatic carbocycles. The zero-order valence-corrected chi connectivity index (χ0v) is 7.97. The van der Waals surface area contributed by atoms with Crippen LogP contribution in [0.1, 0.15) is 10.4 Å². The second-order valence-electron chi connectivity index (χ2n) is 2.35. The van der Waals surface area contributed by atoms with Gasteiger partial charge in [0.15, 0.2) is 6.29 Å². The van der Waals surface area contributed by atoms with Gasteiger partial charge in [-0.15, -0.1) is 0 Å². The van der Waals surface area contributed by atoms with Crippen LogP contribution >= 0.6 is 11.6 Å². The minimum atomic E-state index is -3.85. The molecule has 0 aliphatic rings. The molecular weight excluding hydrogens is 214 g/mol. The molecule has 13 heavy (non-hydrogen) atoms. The summed E-state index contributed by atoms with van der Waals surface area (Å²) in [6.07, 6.45) is 0.394. The molecule has 70 valence electrons. The third-order valence-electron chi connectivity index (χ3n) is 1.41. The van der Waals surface area contributed by atoms with E-state index in [0.717, 1.165) is 0 Å². The fourth-order valence-corrected chi connectivity index (χ4v) is 1.74. The highest BCUT2D eigenvalue weighted by Gasteiger charge is 2.13. The van der Waals surface area contributed by atoms with Crippen LogP contribution in [0, 0.1) is 0 Å². The third kappa shape index (κ3) is 2.27. The molecule has 0 heterocycles. The lowest BCUT2D eigenvalue weighted by atomic mass is 10.2. The first kappa shape index (κ1) is 10.2. The van der Waals surface area contributed by atoms with E-state index in [1.54, 1.807) is 0 Å². The first-order chi connectivity index (χ1) is 5.95. The first-order valence-electron chi connectivity index (χ1n) is 3.22. The SMILES string of the molecule is NS(=O)(=O)c1ccc(Cl)cc1C=O. The predicted molar refractivity (Wildman–Crippen MR) is 48.2 cm³/mol. The number of rotatable bonds is 2. The zero-order chi connectivity index (χ0) is 10.1. The summed E-state index contributed by atoms with van der Waals surface area (Å²) >= 11 is 5.55. The Morgan fingerprint density at radius 1 is 1.38 bits per heavy atom. The lowest BCUT2D eigenvalue weighted by molar-refractivity contribution is 0.112. The van der Waals surface area contributed by atoms with Crippen LogP contribution < -0.4 is 5.14 Å². The van der Waals surface area contributed by atoms with E-state index in [0.29, 0.717) is 6.29 Å². The number of primary sulfonamides is 1. The van der Waals surface area contributed by atoms with Crippen molar-refractivity contribution in [3.05, 3.63) is 28.8 Å². The predicted octanol–water partition coefficient (Wildman–Crippen LogP) is 0.800. The van der Waals surface area contributed by atoms with Gasteiger partial charge in [-0.05, 0) is 18.2 Å². The summed E-state index contributed by atoms with van der Waals surface area (Å²) < 4.78 is 21.8. The quantitative estimate of drug-likeness (QED) is 0.748. The highest BCUT2D eigenvalue weighted by atomic mass is 35.5. The van der Waals surface area contributed by atoms with E-state index in [1.807, 2.05) is 0 Å². The van der Waals surface area contributed by atoms with Crippen LogP contribution in [0.4, 0.5) is 0 Å². The van der Waals surface area contributed by atoms with Gasteiger partial charge >= 0.3 is 0 Å². The Kier molecular flexibility index (Phi) is 2.70. The van der Waals surface area contributed by atoms with E-state index in [2.05, 4.69) is 0 Å². The van der Waals surface area contributed by atoms with Crippen LogP contribution in [-0.4, -0.2) is 14.7 Å². The highest BCUT2D eigenvalue weighted by molar-refractivity contribution is 7.89. The van der Waals surface area contributed by atoms with E-state index >= 15 is 0 Å². The second kappa shape index (κ2) is 3.45. The molecule has 0 aromatic heterocycles. The van der Waals surface area contributed by atoms with Crippen LogP contribution in [0.3, 0.4) is 0 Å². The standard InChI is InChI=1S/C7H6ClNO3S/c8-6-1-2-7(13(9,11)12)5(3-6)4-10/h1-4H,(H2,9,11,12). The van der Waals surface area contributed by atoms with Gasteiger partial charge < -0.3 is 0 Å². The van der Waals surface area contributed by atoms with E-state index in [1.165, 1.54) is 18.2 Å². The summed E-state index contributed by atoms with van der Waals surface area (Å²) in [6, 6.07) is 3.80. The molecule has 0 saturated carbocycles. The molecule has 6 heteroatoms. The molecule has 1 aromatic rings. The largest absolute Gasteiger partial charge is 0.298 e. The lowest BCUT2D eigenvalue weighted by Gasteiger charge is -2.01. The number of halogens is 1. The smallest absolute Gasteiger partial charge is 0.238 e. The van der Waals surface area contributed by atoms with Crippen LogP contribution in [0.5, 0.6) is 0 Å². The van der Waals surface area contributed by atoms with Gasteiger partial charge in [-0.25, -0.2) is 13.6 Å². The van der Waals surface area contributed by atoms with E-state index < -0.39 is 10.0 Å². The Morgan fingerprint density at radius 3 is 2.46 bits per heavy atom. The van der Waals surface area contributed by atoms with Crippen LogP contribution in [-0.2, 0) is 10.0 Å². The van der Waals surface area contributed by atoms with Crippen LogP contribution in [0.2, 0.25) is 5.02 Å². The summed E-state index contributed by atoms with van der Waals surface area (Å²) in [4.78, 5) is 10.2. The number of aldehydes is 1. The number of benzene rings is 1. The van der Waals surface area contributed by atoms with E-state index in [-0.39, 0.29) is 15.5 Å². The van der Waals surface area contributed by atoms with Gasteiger partial charge in [0.05, 0.1) is 4.90 Å². The molecule has 0 saturated heterocycles. The second-order valence-corrected chi connectivity index (χ2v) is 4.31. The molecule has 0 unspecified atom stereocenters. The Bertz CT molecular complexity index is 441. The van der Waals surface area contributed by atoms with Crippen molar-refractivity contribution in [2.45, 2.75) is 4.90 Å². The molecule has 1 rings (SSSR count). The summed E-state index contributed by atoms with van der Waals surface area (Å²) in [5, 5.41) is 5.14. The first-order valence-corrected chi connectivity index (χ1v) is 5.15. The normalized spacial score (nSPS) is 11.2. The average Bonchev–Trinajstić information content (AvgIpc) is 2.01. The highest BCUT2D eigenvalue weighted by Crippen LogP contribution is 2.17.